The highest BCUT2D eigenvalue weighted by Crippen LogP contribution is 2.40. The van der Waals surface area contributed by atoms with Crippen LogP contribution in [0.5, 0.6) is 0 Å². The molecule has 4 aliphatic heterocycles. The number of nitrogens with zero attached hydrogens (tertiary/aromatic N) is 4. The third-order valence-electron chi connectivity index (χ3n) is 8.70. The Labute approximate surface area is 280 Å². The van der Waals surface area contributed by atoms with Gasteiger partial charge in [0.2, 0.25) is 47.3 Å². The number of alkyl carbamates (subject to hydrolysis) is 1. The number of carbonyl (C=O) groups is 9. The van der Waals surface area contributed by atoms with Crippen LogP contribution in [0.2, 0.25) is 0 Å². The first kappa shape index (κ1) is 33.2. The first-order valence-electron chi connectivity index (χ1n) is 15.8. The van der Waals surface area contributed by atoms with Crippen molar-refractivity contribution in [1.82, 2.24) is 5.32 Å². The van der Waals surface area contributed by atoms with Crippen LogP contribution in [0, 0.1) is 11.8 Å². The normalized spacial score (nSPS) is 21.6. The quantitative estimate of drug-likeness (QED) is 0.429. The predicted octanol–water partition coefficient (Wildman–Crippen LogP) is 2.48. The molecule has 2 aromatic carbocycles. The molecule has 2 unspecified atom stereocenters. The molecule has 0 radical (unpaired) electrons. The van der Waals surface area contributed by atoms with E-state index in [1.165, 1.54) is 42.5 Å². The highest BCUT2D eigenvalue weighted by atomic mass is 16.6. The summed E-state index contributed by atoms with van der Waals surface area (Å²) < 4.78 is 5.30. The Morgan fingerprint density at radius 3 is 1.57 bits per heavy atom. The number of ether oxygens (including phenoxy) is 1. The molecule has 0 spiro atoms. The van der Waals surface area contributed by atoms with Crippen LogP contribution in [-0.4, -0.2) is 59.0 Å². The first-order chi connectivity index (χ1) is 23.1. The summed E-state index contributed by atoms with van der Waals surface area (Å²) in [7, 11) is 0. The van der Waals surface area contributed by atoms with Crippen LogP contribution in [0.3, 0.4) is 0 Å². The Kier molecular flexibility index (Phi) is 8.38. The Morgan fingerprint density at radius 1 is 0.633 bits per heavy atom. The number of benzene rings is 2. The van der Waals surface area contributed by atoms with Gasteiger partial charge in [0.1, 0.15) is 5.60 Å². The number of nitrogens with one attached hydrogen (secondary N) is 1. The van der Waals surface area contributed by atoms with Crippen LogP contribution in [0.15, 0.2) is 42.5 Å². The maximum atomic E-state index is 13.9. The number of hydrogen-bond donors (Lipinski definition) is 1. The number of carbonyl (C=O) groups excluding carboxylic acids is 9. The molecule has 9 amide bonds. The van der Waals surface area contributed by atoms with Gasteiger partial charge in [-0.15, -0.1) is 0 Å². The van der Waals surface area contributed by atoms with Crippen LogP contribution in [-0.2, 0) is 49.6 Å². The fraction of sp³-hybridized carbons (Fsp3) is 0.382. The minimum absolute atomic E-state index is 0.0317. The average Bonchev–Trinajstić information content (AvgIpc) is 3.73. The lowest BCUT2D eigenvalue weighted by atomic mass is 9.89. The van der Waals surface area contributed by atoms with Crippen LogP contribution in [0.25, 0.3) is 0 Å². The van der Waals surface area contributed by atoms with E-state index in [1.807, 2.05) is 0 Å². The minimum atomic E-state index is -1.17. The van der Waals surface area contributed by atoms with E-state index in [4.69, 9.17) is 4.74 Å². The van der Waals surface area contributed by atoms with E-state index < -0.39 is 59.0 Å². The largest absolute Gasteiger partial charge is 0.444 e. The van der Waals surface area contributed by atoms with Crippen molar-refractivity contribution < 1.29 is 47.9 Å². The van der Waals surface area contributed by atoms with Crippen LogP contribution in [0.4, 0.5) is 27.5 Å². The molecule has 15 nitrogen and oxygen atoms in total. The van der Waals surface area contributed by atoms with Crippen molar-refractivity contribution in [2.24, 2.45) is 11.8 Å². The van der Waals surface area contributed by atoms with Gasteiger partial charge in [-0.25, -0.2) is 9.69 Å². The zero-order valence-corrected chi connectivity index (χ0v) is 27.0. The van der Waals surface area contributed by atoms with Crippen LogP contribution >= 0.6 is 0 Å². The van der Waals surface area contributed by atoms with E-state index in [2.05, 4.69) is 5.32 Å². The molecule has 0 aliphatic carbocycles. The fourth-order valence-electron chi connectivity index (χ4n) is 6.50. The summed E-state index contributed by atoms with van der Waals surface area (Å²) in [6, 6.07) is 10.0. The molecule has 4 heterocycles. The van der Waals surface area contributed by atoms with Gasteiger partial charge < -0.3 is 10.1 Å². The molecule has 15 heteroatoms. The number of hydrogen-bond acceptors (Lipinski definition) is 10. The summed E-state index contributed by atoms with van der Waals surface area (Å²) in [5, 5.41) is 2.57. The average molecular weight is 672 g/mol. The smallest absolute Gasteiger partial charge is 0.407 e. The van der Waals surface area contributed by atoms with Crippen molar-refractivity contribution in [2.75, 3.05) is 19.6 Å². The summed E-state index contributed by atoms with van der Waals surface area (Å²) in [5.74, 6) is -6.46. The number of amides is 9. The summed E-state index contributed by atoms with van der Waals surface area (Å²) in [6.07, 6.45) is -1.21. The van der Waals surface area contributed by atoms with Crippen molar-refractivity contribution >= 4 is 76.1 Å². The third-order valence-corrected chi connectivity index (χ3v) is 8.70. The molecule has 2 aromatic rings. The van der Waals surface area contributed by atoms with Gasteiger partial charge in [-0.2, -0.15) is 0 Å². The Morgan fingerprint density at radius 2 is 1.06 bits per heavy atom. The fourth-order valence-corrected chi connectivity index (χ4v) is 6.50. The maximum absolute atomic E-state index is 13.9. The van der Waals surface area contributed by atoms with E-state index in [1.54, 1.807) is 20.8 Å². The van der Waals surface area contributed by atoms with E-state index in [9.17, 15) is 43.2 Å². The Balaban J connectivity index is 1.24. The lowest BCUT2D eigenvalue weighted by molar-refractivity contribution is -0.128. The van der Waals surface area contributed by atoms with E-state index in [0.29, 0.717) is 5.69 Å². The van der Waals surface area contributed by atoms with Crippen LogP contribution in [0.1, 0.15) is 64.9 Å². The molecule has 0 aromatic heterocycles. The van der Waals surface area contributed by atoms with Gasteiger partial charge in [-0.3, -0.25) is 53.1 Å². The molecule has 4 aliphatic rings. The van der Waals surface area contributed by atoms with Crippen molar-refractivity contribution in [1.29, 1.82) is 0 Å². The van der Waals surface area contributed by atoms with Gasteiger partial charge in [-0.1, -0.05) is 0 Å². The van der Waals surface area contributed by atoms with Crippen molar-refractivity contribution in [3.8, 4) is 0 Å². The second-order valence-electron chi connectivity index (χ2n) is 13.2. The Bertz CT molecular complexity index is 1810. The topological polar surface area (TPSA) is 188 Å². The lowest BCUT2D eigenvalue weighted by Crippen LogP contribution is -2.37. The number of rotatable bonds is 7. The van der Waals surface area contributed by atoms with Gasteiger partial charge >= 0.3 is 6.09 Å². The summed E-state index contributed by atoms with van der Waals surface area (Å²) in [5.41, 5.74) is 0.177. The molecule has 254 valence electrons. The molecule has 1 N–H and O–H groups in total. The number of anilines is 4. The highest BCUT2D eigenvalue weighted by molar-refractivity contribution is 6.27. The predicted molar refractivity (Wildman–Crippen MR) is 171 cm³/mol. The maximum Gasteiger partial charge on any atom is 0.407 e. The summed E-state index contributed by atoms with van der Waals surface area (Å²) in [6.45, 7) is 4.79. The van der Waals surface area contributed by atoms with Gasteiger partial charge in [0.25, 0.3) is 0 Å². The first-order valence-corrected chi connectivity index (χ1v) is 15.8. The second kappa shape index (κ2) is 12.4. The molecule has 4 fully saturated rings. The van der Waals surface area contributed by atoms with Crippen LogP contribution < -0.4 is 24.9 Å². The third kappa shape index (κ3) is 6.19. The standard InChI is InChI=1S/C34H33N5O10/c1-34(2,3)49-33(48)35-17-18-14-21(37-27(42)12-13-28(37)43)8-9-24(18)39-30(45)16-23(32(39)47)22-15-29(44)38(31(22)46)20-6-4-19(5-7-20)36-25(40)10-11-26(36)41/h4-9,14,22-23H,10-13,15-17H2,1-3H3,(H,35,48). The SMILES string of the molecule is CC(C)(C)OC(=O)NCc1cc(N2C(=O)CCC2=O)ccc1N1C(=O)CC(C2CC(=O)N(c3ccc(N4C(=O)CCC4=O)cc3)C2=O)C1=O. The number of imide groups is 4. The molecule has 0 saturated carbocycles. The zero-order valence-electron chi connectivity index (χ0n) is 27.0. The molecule has 6 rings (SSSR count). The summed E-state index contributed by atoms with van der Waals surface area (Å²) >= 11 is 0. The monoisotopic (exact) mass is 671 g/mol. The molecule has 4 saturated heterocycles. The van der Waals surface area contributed by atoms with Gasteiger partial charge in [0, 0.05) is 45.1 Å². The van der Waals surface area contributed by atoms with E-state index in [0.717, 1.165) is 19.6 Å². The molecular formula is C34H33N5O10. The van der Waals surface area contributed by atoms with Crippen molar-refractivity contribution in [3.63, 3.8) is 0 Å². The van der Waals surface area contributed by atoms with Gasteiger partial charge in [-0.05, 0) is 68.8 Å². The summed E-state index contributed by atoms with van der Waals surface area (Å²) in [4.78, 5) is 120. The van der Waals surface area contributed by atoms with E-state index in [-0.39, 0.29) is 79.5 Å². The van der Waals surface area contributed by atoms with Gasteiger partial charge in [0.05, 0.1) is 34.6 Å². The zero-order chi connectivity index (χ0) is 35.4. The second-order valence-corrected chi connectivity index (χ2v) is 13.2. The highest BCUT2D eigenvalue weighted by Gasteiger charge is 2.52. The molecule has 0 bridgehead atoms. The van der Waals surface area contributed by atoms with E-state index >= 15 is 0 Å². The molecule has 2 atom stereocenters. The lowest BCUT2D eigenvalue weighted by Gasteiger charge is -2.24. The van der Waals surface area contributed by atoms with Crippen molar-refractivity contribution in [2.45, 2.75) is 71.4 Å². The Hall–Kier alpha value is -5.73. The van der Waals surface area contributed by atoms with Gasteiger partial charge in [0.15, 0.2) is 0 Å². The molecule has 49 heavy (non-hydrogen) atoms. The minimum Gasteiger partial charge on any atom is -0.444 e. The molecular weight excluding hydrogens is 638 g/mol. The van der Waals surface area contributed by atoms with Crippen molar-refractivity contribution in [3.05, 3.63) is 48.0 Å².